The molecular weight excluding hydrogens is 340 g/mol. The molecule has 0 radical (unpaired) electrons. The summed E-state index contributed by atoms with van der Waals surface area (Å²) in [6, 6.07) is 6.51. The quantitative estimate of drug-likeness (QED) is 0.798. The van der Waals surface area contributed by atoms with Gasteiger partial charge < -0.3 is 9.64 Å². The molecule has 8 heteroatoms. The standard InChI is InChI=1S/C17H24N4O3S/c1-19(2)11-16-15-9-10-21(12-17(15)20(3)18-16)25(22,23)14-7-5-13(24-4)6-8-14/h5-8H,9-12H2,1-4H3. The van der Waals surface area contributed by atoms with Crippen LogP contribution in [0.2, 0.25) is 0 Å². The Morgan fingerprint density at radius 3 is 2.52 bits per heavy atom. The third-order valence-corrected chi connectivity index (χ3v) is 6.32. The normalized spacial score (nSPS) is 15.4. The number of hydrogen-bond donors (Lipinski definition) is 0. The smallest absolute Gasteiger partial charge is 0.243 e. The monoisotopic (exact) mass is 364 g/mol. The van der Waals surface area contributed by atoms with Gasteiger partial charge in [0.1, 0.15) is 5.75 Å². The van der Waals surface area contributed by atoms with Crippen molar-refractivity contribution in [3.8, 4) is 5.75 Å². The number of nitrogens with zero attached hydrogens (tertiary/aromatic N) is 4. The number of aryl methyl sites for hydroxylation is 1. The van der Waals surface area contributed by atoms with E-state index < -0.39 is 10.0 Å². The van der Waals surface area contributed by atoms with Gasteiger partial charge in [-0.15, -0.1) is 0 Å². The van der Waals surface area contributed by atoms with Crippen molar-refractivity contribution < 1.29 is 13.2 Å². The highest BCUT2D eigenvalue weighted by atomic mass is 32.2. The van der Waals surface area contributed by atoms with Gasteiger partial charge in [0.15, 0.2) is 0 Å². The Hall–Kier alpha value is -1.90. The Morgan fingerprint density at radius 2 is 1.92 bits per heavy atom. The molecule has 0 bridgehead atoms. The van der Waals surface area contributed by atoms with Gasteiger partial charge in [0.2, 0.25) is 10.0 Å². The minimum atomic E-state index is -3.53. The van der Waals surface area contributed by atoms with Gasteiger partial charge in [-0.2, -0.15) is 9.40 Å². The van der Waals surface area contributed by atoms with E-state index in [1.54, 1.807) is 31.4 Å². The van der Waals surface area contributed by atoms with E-state index >= 15 is 0 Å². The van der Waals surface area contributed by atoms with Gasteiger partial charge in [-0.25, -0.2) is 8.42 Å². The summed E-state index contributed by atoms with van der Waals surface area (Å²) in [7, 11) is 3.91. The second-order valence-corrected chi connectivity index (χ2v) is 8.44. The van der Waals surface area contributed by atoms with Crippen LogP contribution < -0.4 is 4.74 Å². The number of sulfonamides is 1. The van der Waals surface area contributed by atoms with Crippen LogP contribution in [0.15, 0.2) is 29.2 Å². The van der Waals surface area contributed by atoms with Gasteiger partial charge in [0.05, 0.1) is 29.9 Å². The van der Waals surface area contributed by atoms with Gasteiger partial charge in [-0.1, -0.05) is 0 Å². The van der Waals surface area contributed by atoms with E-state index in [0.29, 0.717) is 25.3 Å². The van der Waals surface area contributed by atoms with Crippen LogP contribution >= 0.6 is 0 Å². The van der Waals surface area contributed by atoms with Crippen LogP contribution in [0.1, 0.15) is 17.0 Å². The minimum Gasteiger partial charge on any atom is -0.497 e. The van der Waals surface area contributed by atoms with Crippen LogP contribution in [-0.2, 0) is 36.6 Å². The average Bonchev–Trinajstić information content (AvgIpc) is 2.89. The fourth-order valence-corrected chi connectivity index (χ4v) is 4.56. The molecule has 2 aromatic rings. The maximum absolute atomic E-state index is 12.9. The van der Waals surface area contributed by atoms with Crippen molar-refractivity contribution in [1.82, 2.24) is 19.0 Å². The summed E-state index contributed by atoms with van der Waals surface area (Å²) in [4.78, 5) is 2.36. The first-order valence-electron chi connectivity index (χ1n) is 8.15. The topological polar surface area (TPSA) is 67.7 Å². The molecule has 136 valence electrons. The maximum Gasteiger partial charge on any atom is 0.243 e. The number of hydrogen-bond acceptors (Lipinski definition) is 5. The molecule has 1 aliphatic heterocycles. The highest BCUT2D eigenvalue weighted by Crippen LogP contribution is 2.27. The number of ether oxygens (including phenoxy) is 1. The Morgan fingerprint density at radius 1 is 1.24 bits per heavy atom. The summed E-state index contributed by atoms with van der Waals surface area (Å²) in [5, 5.41) is 4.58. The molecule has 1 aromatic carbocycles. The van der Waals surface area contributed by atoms with Crippen molar-refractivity contribution in [2.75, 3.05) is 27.7 Å². The van der Waals surface area contributed by atoms with Gasteiger partial charge in [-0.05, 0) is 44.8 Å². The van der Waals surface area contributed by atoms with Gasteiger partial charge >= 0.3 is 0 Å². The molecular formula is C17H24N4O3S. The average molecular weight is 364 g/mol. The zero-order chi connectivity index (χ0) is 18.2. The lowest BCUT2D eigenvalue weighted by atomic mass is 10.1. The van der Waals surface area contributed by atoms with Crippen molar-refractivity contribution in [2.45, 2.75) is 24.4 Å². The zero-order valence-corrected chi connectivity index (χ0v) is 15.9. The Kier molecular flexibility index (Phi) is 4.86. The molecule has 2 heterocycles. The van der Waals surface area contributed by atoms with E-state index in [1.165, 1.54) is 9.87 Å². The zero-order valence-electron chi connectivity index (χ0n) is 15.1. The van der Waals surface area contributed by atoms with Gasteiger partial charge in [0, 0.05) is 25.7 Å². The predicted octanol–water partition coefficient (Wildman–Crippen LogP) is 1.24. The highest BCUT2D eigenvalue weighted by molar-refractivity contribution is 7.89. The van der Waals surface area contributed by atoms with E-state index in [1.807, 2.05) is 25.8 Å². The molecule has 0 aliphatic carbocycles. The number of benzene rings is 1. The van der Waals surface area contributed by atoms with E-state index in [9.17, 15) is 8.42 Å². The minimum absolute atomic E-state index is 0.285. The van der Waals surface area contributed by atoms with E-state index in [0.717, 1.165) is 17.9 Å². The van der Waals surface area contributed by atoms with Crippen molar-refractivity contribution in [2.24, 2.45) is 7.05 Å². The first-order valence-corrected chi connectivity index (χ1v) is 9.59. The summed E-state index contributed by atoms with van der Waals surface area (Å²) in [6.45, 7) is 1.57. The molecule has 0 saturated carbocycles. The van der Waals surface area contributed by atoms with Gasteiger partial charge in [-0.3, -0.25) is 4.68 Å². The van der Waals surface area contributed by atoms with Crippen molar-refractivity contribution in [3.63, 3.8) is 0 Å². The lowest BCUT2D eigenvalue weighted by Crippen LogP contribution is -2.36. The van der Waals surface area contributed by atoms with Crippen molar-refractivity contribution in [1.29, 1.82) is 0 Å². The van der Waals surface area contributed by atoms with Crippen LogP contribution in [-0.4, -0.2) is 55.2 Å². The van der Waals surface area contributed by atoms with Crippen LogP contribution in [0.5, 0.6) is 5.75 Å². The lowest BCUT2D eigenvalue weighted by molar-refractivity contribution is 0.376. The summed E-state index contributed by atoms with van der Waals surface area (Å²) in [5.41, 5.74) is 3.18. The molecule has 7 nitrogen and oxygen atoms in total. The largest absolute Gasteiger partial charge is 0.497 e. The van der Waals surface area contributed by atoms with E-state index in [2.05, 4.69) is 10.00 Å². The molecule has 0 atom stereocenters. The van der Waals surface area contributed by atoms with Crippen molar-refractivity contribution in [3.05, 3.63) is 41.2 Å². The van der Waals surface area contributed by atoms with Crippen LogP contribution in [0.3, 0.4) is 0 Å². The molecule has 0 saturated heterocycles. The lowest BCUT2D eigenvalue weighted by Gasteiger charge is -2.27. The Labute approximate surface area is 148 Å². The molecule has 0 fully saturated rings. The Bertz CT molecular complexity index is 857. The Balaban J connectivity index is 1.87. The molecule has 1 aromatic heterocycles. The first-order chi connectivity index (χ1) is 11.8. The second kappa shape index (κ2) is 6.78. The summed E-state index contributed by atoms with van der Waals surface area (Å²) < 4.78 is 34.3. The molecule has 0 unspecified atom stereocenters. The number of rotatable bonds is 5. The SMILES string of the molecule is COc1ccc(S(=O)(=O)N2CCc3c(CN(C)C)nn(C)c3C2)cc1. The van der Waals surface area contributed by atoms with E-state index in [4.69, 9.17) is 4.74 Å². The molecule has 1 aliphatic rings. The maximum atomic E-state index is 12.9. The fraction of sp³-hybridized carbons (Fsp3) is 0.471. The predicted molar refractivity (Wildman–Crippen MR) is 94.9 cm³/mol. The third kappa shape index (κ3) is 3.42. The fourth-order valence-electron chi connectivity index (χ4n) is 3.16. The van der Waals surface area contributed by atoms with Crippen LogP contribution in [0.4, 0.5) is 0 Å². The summed E-state index contributed by atoms with van der Waals surface area (Å²) >= 11 is 0. The highest BCUT2D eigenvalue weighted by Gasteiger charge is 2.31. The molecule has 0 amide bonds. The number of fused-ring (bicyclic) bond motifs is 1. The number of aromatic nitrogens is 2. The molecule has 0 N–H and O–H groups in total. The molecule has 3 rings (SSSR count). The van der Waals surface area contributed by atoms with E-state index in [-0.39, 0.29) is 4.90 Å². The van der Waals surface area contributed by atoms with Crippen LogP contribution in [0.25, 0.3) is 0 Å². The molecule has 0 spiro atoms. The van der Waals surface area contributed by atoms with Crippen molar-refractivity contribution >= 4 is 10.0 Å². The first kappa shape index (κ1) is 17.9. The van der Waals surface area contributed by atoms with Crippen LogP contribution in [0, 0.1) is 0 Å². The summed E-state index contributed by atoms with van der Waals surface area (Å²) in [5.74, 6) is 0.639. The summed E-state index contributed by atoms with van der Waals surface area (Å²) in [6.07, 6.45) is 0.682. The second-order valence-electron chi connectivity index (χ2n) is 6.50. The number of methoxy groups -OCH3 is 1. The van der Waals surface area contributed by atoms with Gasteiger partial charge in [0.25, 0.3) is 0 Å². The molecule has 25 heavy (non-hydrogen) atoms. The third-order valence-electron chi connectivity index (χ3n) is 4.46.